The van der Waals surface area contributed by atoms with E-state index < -0.39 is 12.1 Å². The second-order valence-electron chi connectivity index (χ2n) is 7.02. The van der Waals surface area contributed by atoms with Gasteiger partial charge in [0.2, 0.25) is 5.91 Å². The lowest BCUT2D eigenvalue weighted by molar-refractivity contribution is -0.121. The zero-order chi connectivity index (χ0) is 21.3. The molecule has 1 unspecified atom stereocenters. The van der Waals surface area contributed by atoms with Crippen LogP contribution >= 0.6 is 0 Å². The van der Waals surface area contributed by atoms with Gasteiger partial charge in [-0.2, -0.15) is 0 Å². The lowest BCUT2D eigenvalue weighted by atomic mass is 10.0. The molecule has 6 heteroatoms. The van der Waals surface area contributed by atoms with Gasteiger partial charge >= 0.3 is 6.03 Å². The van der Waals surface area contributed by atoms with E-state index in [0.29, 0.717) is 18.0 Å². The first-order chi connectivity index (χ1) is 14.5. The van der Waals surface area contributed by atoms with Crippen LogP contribution in [0.5, 0.6) is 11.5 Å². The van der Waals surface area contributed by atoms with Gasteiger partial charge in [-0.15, -0.1) is 0 Å². The van der Waals surface area contributed by atoms with E-state index in [0.717, 1.165) is 16.7 Å². The summed E-state index contributed by atoms with van der Waals surface area (Å²) in [4.78, 5) is 24.0. The SMILES string of the molecule is Cc1ccc(CNC(=O)CC(NC(N)=O)c2cccc(Oc3ccccc3)c2)cc1. The average molecular weight is 403 g/mol. The van der Waals surface area contributed by atoms with Crippen molar-refractivity contribution >= 4 is 11.9 Å². The molecular formula is C24H25N3O3. The number of urea groups is 1. The van der Waals surface area contributed by atoms with Gasteiger partial charge in [0.15, 0.2) is 0 Å². The number of aryl methyl sites for hydroxylation is 1. The van der Waals surface area contributed by atoms with Gasteiger partial charge in [-0.05, 0) is 42.3 Å². The minimum absolute atomic E-state index is 0.0591. The summed E-state index contributed by atoms with van der Waals surface area (Å²) in [5.74, 6) is 1.11. The summed E-state index contributed by atoms with van der Waals surface area (Å²) >= 11 is 0. The molecule has 0 spiro atoms. The van der Waals surface area contributed by atoms with Crippen molar-refractivity contribution in [2.45, 2.75) is 25.9 Å². The van der Waals surface area contributed by atoms with Crippen LogP contribution in [0.15, 0.2) is 78.9 Å². The number of hydrogen-bond acceptors (Lipinski definition) is 3. The highest BCUT2D eigenvalue weighted by Gasteiger charge is 2.18. The highest BCUT2D eigenvalue weighted by atomic mass is 16.5. The molecular weight excluding hydrogens is 378 g/mol. The molecule has 3 rings (SSSR count). The van der Waals surface area contributed by atoms with E-state index in [1.165, 1.54) is 0 Å². The Morgan fingerprint density at radius 2 is 1.63 bits per heavy atom. The molecule has 3 amide bonds. The van der Waals surface area contributed by atoms with Gasteiger partial charge in [0.05, 0.1) is 12.5 Å². The monoisotopic (exact) mass is 403 g/mol. The lowest BCUT2D eigenvalue weighted by Crippen LogP contribution is -2.36. The Balaban J connectivity index is 1.67. The molecule has 0 aliphatic heterocycles. The number of amides is 3. The Morgan fingerprint density at radius 1 is 0.933 bits per heavy atom. The van der Waals surface area contributed by atoms with Crippen molar-refractivity contribution in [2.24, 2.45) is 5.73 Å². The van der Waals surface area contributed by atoms with Crippen molar-refractivity contribution < 1.29 is 14.3 Å². The summed E-state index contributed by atoms with van der Waals surface area (Å²) in [6, 6.07) is 23.3. The Kier molecular flexibility index (Phi) is 7.05. The van der Waals surface area contributed by atoms with Crippen LogP contribution < -0.4 is 21.1 Å². The number of ether oxygens (including phenoxy) is 1. The van der Waals surface area contributed by atoms with Crippen molar-refractivity contribution in [2.75, 3.05) is 0 Å². The van der Waals surface area contributed by atoms with Crippen LogP contribution in [0.25, 0.3) is 0 Å². The van der Waals surface area contributed by atoms with Gasteiger partial charge < -0.3 is 21.1 Å². The highest BCUT2D eigenvalue weighted by molar-refractivity contribution is 5.78. The van der Waals surface area contributed by atoms with Crippen LogP contribution in [0, 0.1) is 6.92 Å². The highest BCUT2D eigenvalue weighted by Crippen LogP contribution is 2.26. The largest absolute Gasteiger partial charge is 0.457 e. The zero-order valence-corrected chi connectivity index (χ0v) is 16.8. The average Bonchev–Trinajstić information content (AvgIpc) is 2.73. The normalized spacial score (nSPS) is 11.4. The summed E-state index contributed by atoms with van der Waals surface area (Å²) in [6.45, 7) is 2.43. The number of carbonyl (C=O) groups is 2. The molecule has 154 valence electrons. The number of para-hydroxylation sites is 1. The van der Waals surface area contributed by atoms with Crippen LogP contribution in [0.3, 0.4) is 0 Å². The molecule has 0 bridgehead atoms. The topological polar surface area (TPSA) is 93.5 Å². The van der Waals surface area contributed by atoms with Crippen LogP contribution in [-0.2, 0) is 11.3 Å². The number of primary amides is 1. The smallest absolute Gasteiger partial charge is 0.312 e. The van der Waals surface area contributed by atoms with Crippen LogP contribution in [0.2, 0.25) is 0 Å². The molecule has 3 aromatic rings. The fourth-order valence-corrected chi connectivity index (χ4v) is 3.01. The third-order valence-corrected chi connectivity index (χ3v) is 4.56. The molecule has 0 heterocycles. The van der Waals surface area contributed by atoms with Crippen LogP contribution in [0.1, 0.15) is 29.2 Å². The summed E-state index contributed by atoms with van der Waals surface area (Å²) in [7, 11) is 0. The Hall–Kier alpha value is -3.80. The maximum atomic E-state index is 12.5. The van der Waals surface area contributed by atoms with E-state index in [9.17, 15) is 9.59 Å². The van der Waals surface area contributed by atoms with Crippen molar-refractivity contribution in [3.05, 3.63) is 95.6 Å². The summed E-state index contributed by atoms with van der Waals surface area (Å²) in [5, 5.41) is 5.53. The molecule has 30 heavy (non-hydrogen) atoms. The molecule has 0 aliphatic rings. The van der Waals surface area contributed by atoms with Gasteiger partial charge in [0, 0.05) is 6.54 Å². The number of nitrogens with two attached hydrogens (primary N) is 1. The maximum Gasteiger partial charge on any atom is 0.312 e. The van der Waals surface area contributed by atoms with Gasteiger partial charge in [-0.1, -0.05) is 60.2 Å². The quantitative estimate of drug-likeness (QED) is 0.526. The van der Waals surface area contributed by atoms with Gasteiger partial charge in [-0.25, -0.2) is 4.79 Å². The number of benzene rings is 3. The van der Waals surface area contributed by atoms with Crippen molar-refractivity contribution in [1.29, 1.82) is 0 Å². The maximum absolute atomic E-state index is 12.5. The third kappa shape index (κ3) is 6.38. The predicted molar refractivity (Wildman–Crippen MR) is 116 cm³/mol. The summed E-state index contributed by atoms with van der Waals surface area (Å²) in [5.41, 5.74) is 8.23. The minimum atomic E-state index is -0.694. The van der Waals surface area contributed by atoms with Gasteiger partial charge in [0.1, 0.15) is 11.5 Å². The molecule has 3 aromatic carbocycles. The Bertz CT molecular complexity index is 988. The van der Waals surface area contributed by atoms with E-state index in [4.69, 9.17) is 10.5 Å². The first-order valence-electron chi connectivity index (χ1n) is 9.70. The molecule has 0 saturated heterocycles. The van der Waals surface area contributed by atoms with E-state index in [1.54, 1.807) is 6.07 Å². The fourth-order valence-electron chi connectivity index (χ4n) is 3.01. The number of nitrogens with one attached hydrogen (secondary N) is 2. The fraction of sp³-hybridized carbons (Fsp3) is 0.167. The number of rotatable bonds is 8. The van der Waals surface area contributed by atoms with E-state index in [2.05, 4.69) is 10.6 Å². The molecule has 6 nitrogen and oxygen atoms in total. The van der Waals surface area contributed by atoms with Crippen molar-refractivity contribution in [3.8, 4) is 11.5 Å². The van der Waals surface area contributed by atoms with Crippen molar-refractivity contribution in [3.63, 3.8) is 0 Å². The molecule has 4 N–H and O–H groups in total. The molecule has 0 fully saturated rings. The molecule has 0 aliphatic carbocycles. The summed E-state index contributed by atoms with van der Waals surface area (Å²) in [6.07, 6.45) is 0.0591. The second kappa shape index (κ2) is 10.1. The second-order valence-corrected chi connectivity index (χ2v) is 7.02. The van der Waals surface area contributed by atoms with Gasteiger partial charge in [-0.3, -0.25) is 4.79 Å². The van der Waals surface area contributed by atoms with Gasteiger partial charge in [0.25, 0.3) is 0 Å². The van der Waals surface area contributed by atoms with E-state index >= 15 is 0 Å². The third-order valence-electron chi connectivity index (χ3n) is 4.56. The van der Waals surface area contributed by atoms with E-state index in [-0.39, 0.29) is 12.3 Å². The molecule has 1 atom stereocenters. The zero-order valence-electron chi connectivity index (χ0n) is 16.8. The Labute approximate surface area is 176 Å². The minimum Gasteiger partial charge on any atom is -0.457 e. The first kappa shape index (κ1) is 20.9. The molecule has 0 saturated carbocycles. The Morgan fingerprint density at radius 3 is 2.33 bits per heavy atom. The standard InChI is InChI=1S/C24H25N3O3/c1-17-10-12-18(13-11-17)16-26-23(28)15-22(27-24(25)29)19-6-5-9-21(14-19)30-20-7-3-2-4-8-20/h2-14,22H,15-16H2,1H3,(H,26,28)(H3,25,27,29). The summed E-state index contributed by atoms with van der Waals surface area (Å²) < 4.78 is 5.85. The molecule has 0 aromatic heterocycles. The first-order valence-corrected chi connectivity index (χ1v) is 9.70. The lowest BCUT2D eigenvalue weighted by Gasteiger charge is -2.19. The van der Waals surface area contributed by atoms with Crippen LogP contribution in [-0.4, -0.2) is 11.9 Å². The van der Waals surface area contributed by atoms with E-state index in [1.807, 2.05) is 79.7 Å². The van der Waals surface area contributed by atoms with Crippen LogP contribution in [0.4, 0.5) is 4.79 Å². The number of carbonyl (C=O) groups excluding carboxylic acids is 2. The van der Waals surface area contributed by atoms with Crippen molar-refractivity contribution in [1.82, 2.24) is 10.6 Å². The molecule has 0 radical (unpaired) electrons. The predicted octanol–water partition coefficient (Wildman–Crippen LogP) is 4.20. The number of hydrogen-bond donors (Lipinski definition) is 3.